The molecule has 2 aliphatic heterocycles. The fraction of sp³-hybridized carbons (Fsp3) is 1.00. The Kier molecular flexibility index (Phi) is 2.58. The molecule has 0 amide bonds. The Morgan fingerprint density at radius 2 is 1.69 bits per heavy atom. The number of piperidine rings is 1. The molecule has 3 heteroatoms. The zero-order valence-electron chi connectivity index (χ0n) is 8.84. The lowest BCUT2D eigenvalue weighted by molar-refractivity contribution is 0.0877. The molecule has 2 saturated heterocycles. The van der Waals surface area contributed by atoms with Crippen LogP contribution in [0.25, 0.3) is 0 Å². The summed E-state index contributed by atoms with van der Waals surface area (Å²) in [5.41, 5.74) is 0.444. The van der Waals surface area contributed by atoms with Gasteiger partial charge in [0, 0.05) is 25.2 Å². The third-order valence-corrected chi connectivity index (χ3v) is 3.51. The van der Waals surface area contributed by atoms with E-state index in [2.05, 4.69) is 29.2 Å². The summed E-state index contributed by atoms with van der Waals surface area (Å²) < 4.78 is 0. The van der Waals surface area contributed by atoms with Crippen molar-refractivity contribution < 1.29 is 0 Å². The molecule has 0 saturated carbocycles. The summed E-state index contributed by atoms with van der Waals surface area (Å²) in [5, 5.41) is 3.72. The molecule has 0 radical (unpaired) electrons. The molecule has 1 N–H and O–H groups in total. The minimum Gasteiger partial charge on any atom is -0.309 e. The predicted molar refractivity (Wildman–Crippen MR) is 55.0 cm³/mol. The van der Waals surface area contributed by atoms with Crippen LogP contribution in [0.3, 0.4) is 0 Å². The smallest absolute Gasteiger partial charge is 0.0333 e. The molecule has 13 heavy (non-hydrogen) atoms. The topological polar surface area (TPSA) is 18.5 Å². The van der Waals surface area contributed by atoms with Gasteiger partial charge >= 0.3 is 0 Å². The monoisotopic (exact) mass is 183 g/mol. The highest BCUT2D eigenvalue weighted by atomic mass is 15.2. The lowest BCUT2D eigenvalue weighted by Crippen LogP contribution is -2.63. The van der Waals surface area contributed by atoms with Crippen LogP contribution >= 0.6 is 0 Å². The first-order chi connectivity index (χ1) is 6.20. The van der Waals surface area contributed by atoms with Crippen LogP contribution in [-0.4, -0.2) is 62.2 Å². The second kappa shape index (κ2) is 3.56. The molecular weight excluding hydrogens is 162 g/mol. The Hall–Kier alpha value is -0.120. The van der Waals surface area contributed by atoms with Crippen molar-refractivity contribution in [1.29, 1.82) is 0 Å². The maximum absolute atomic E-state index is 3.72. The van der Waals surface area contributed by atoms with Crippen molar-refractivity contribution in [3.05, 3.63) is 0 Å². The zero-order valence-corrected chi connectivity index (χ0v) is 8.84. The van der Waals surface area contributed by atoms with Crippen LogP contribution in [0.2, 0.25) is 0 Å². The molecule has 2 heterocycles. The molecular formula is C10H21N3. The highest BCUT2D eigenvalue weighted by molar-refractivity contribution is 4.97. The molecule has 0 aromatic heterocycles. The summed E-state index contributed by atoms with van der Waals surface area (Å²) >= 11 is 0. The number of likely N-dealkylation sites (N-methyl/N-ethyl adjacent to an activating group) is 1. The molecule has 0 atom stereocenters. The van der Waals surface area contributed by atoms with E-state index in [1.54, 1.807) is 0 Å². The Morgan fingerprint density at radius 1 is 1.00 bits per heavy atom. The molecule has 0 aromatic carbocycles. The van der Waals surface area contributed by atoms with Gasteiger partial charge in [0.2, 0.25) is 0 Å². The van der Waals surface area contributed by atoms with E-state index in [9.17, 15) is 0 Å². The maximum atomic E-state index is 3.72. The quantitative estimate of drug-likeness (QED) is 0.570. The standard InChI is InChI=1S/C10H21N3/c1-12-6-3-10(4-7-12)9-13(2)8-5-11-10/h11H,3-9H2,1-2H3. The van der Waals surface area contributed by atoms with Crippen LogP contribution in [0.5, 0.6) is 0 Å². The fourth-order valence-corrected chi connectivity index (χ4v) is 2.55. The van der Waals surface area contributed by atoms with Crippen LogP contribution < -0.4 is 5.32 Å². The Balaban J connectivity index is 1.95. The van der Waals surface area contributed by atoms with Gasteiger partial charge in [-0.1, -0.05) is 0 Å². The largest absolute Gasteiger partial charge is 0.309 e. The first-order valence-electron chi connectivity index (χ1n) is 5.32. The molecule has 1 spiro atoms. The molecule has 0 aromatic rings. The average molecular weight is 183 g/mol. The van der Waals surface area contributed by atoms with Gasteiger partial charge in [-0.2, -0.15) is 0 Å². The van der Waals surface area contributed by atoms with E-state index < -0.39 is 0 Å². The van der Waals surface area contributed by atoms with Gasteiger partial charge in [-0.25, -0.2) is 0 Å². The van der Waals surface area contributed by atoms with Crippen molar-refractivity contribution in [3.8, 4) is 0 Å². The van der Waals surface area contributed by atoms with Gasteiger partial charge in [-0.15, -0.1) is 0 Å². The summed E-state index contributed by atoms with van der Waals surface area (Å²) in [5.74, 6) is 0. The Bertz CT molecular complexity index is 173. The number of rotatable bonds is 0. The minimum absolute atomic E-state index is 0.444. The highest BCUT2D eigenvalue weighted by Crippen LogP contribution is 2.24. The summed E-state index contributed by atoms with van der Waals surface area (Å²) in [4.78, 5) is 4.89. The van der Waals surface area contributed by atoms with Crippen LogP contribution in [0, 0.1) is 0 Å². The van der Waals surface area contributed by atoms with Crippen LogP contribution in [-0.2, 0) is 0 Å². The molecule has 0 unspecified atom stereocenters. The molecule has 0 aliphatic carbocycles. The number of hydrogen-bond acceptors (Lipinski definition) is 3. The molecule has 76 valence electrons. The van der Waals surface area contributed by atoms with Gasteiger partial charge < -0.3 is 15.1 Å². The molecule has 2 rings (SSSR count). The number of nitrogens with one attached hydrogen (secondary N) is 1. The van der Waals surface area contributed by atoms with Crippen LogP contribution in [0.15, 0.2) is 0 Å². The lowest BCUT2D eigenvalue weighted by Gasteiger charge is -2.47. The van der Waals surface area contributed by atoms with Gasteiger partial charge in [0.05, 0.1) is 0 Å². The van der Waals surface area contributed by atoms with E-state index >= 15 is 0 Å². The number of nitrogens with zero attached hydrogens (tertiary/aromatic N) is 2. The summed E-state index contributed by atoms with van der Waals surface area (Å²) in [6, 6.07) is 0. The van der Waals surface area contributed by atoms with Gasteiger partial charge in [-0.05, 0) is 40.0 Å². The second-order valence-corrected chi connectivity index (χ2v) is 4.75. The van der Waals surface area contributed by atoms with Crippen molar-refractivity contribution in [2.45, 2.75) is 18.4 Å². The number of hydrogen-bond donors (Lipinski definition) is 1. The molecule has 2 aliphatic rings. The summed E-state index contributed by atoms with van der Waals surface area (Å²) in [6.07, 6.45) is 2.63. The Morgan fingerprint density at radius 3 is 2.31 bits per heavy atom. The van der Waals surface area contributed by atoms with Crippen LogP contribution in [0.1, 0.15) is 12.8 Å². The highest BCUT2D eigenvalue weighted by Gasteiger charge is 2.36. The normalized spacial score (nSPS) is 30.9. The van der Waals surface area contributed by atoms with E-state index in [-0.39, 0.29) is 0 Å². The predicted octanol–water partition coefficient (Wildman–Crippen LogP) is -0.0142. The van der Waals surface area contributed by atoms with Crippen molar-refractivity contribution in [1.82, 2.24) is 15.1 Å². The lowest BCUT2D eigenvalue weighted by atomic mass is 9.86. The SMILES string of the molecule is CN1CCC2(CC1)CN(C)CCN2. The Labute approximate surface area is 81.1 Å². The fourth-order valence-electron chi connectivity index (χ4n) is 2.55. The van der Waals surface area contributed by atoms with E-state index in [0.29, 0.717) is 5.54 Å². The van der Waals surface area contributed by atoms with Gasteiger partial charge in [0.25, 0.3) is 0 Å². The molecule has 2 fully saturated rings. The number of likely N-dealkylation sites (tertiary alicyclic amines) is 1. The summed E-state index contributed by atoms with van der Waals surface area (Å²) in [7, 11) is 4.46. The van der Waals surface area contributed by atoms with Crippen molar-refractivity contribution in [2.75, 3.05) is 46.8 Å². The van der Waals surface area contributed by atoms with Crippen LogP contribution in [0.4, 0.5) is 0 Å². The van der Waals surface area contributed by atoms with Gasteiger partial charge in [-0.3, -0.25) is 0 Å². The first-order valence-corrected chi connectivity index (χ1v) is 5.32. The van der Waals surface area contributed by atoms with E-state index in [1.165, 1.54) is 45.6 Å². The minimum atomic E-state index is 0.444. The third kappa shape index (κ3) is 2.03. The van der Waals surface area contributed by atoms with Crippen molar-refractivity contribution in [2.24, 2.45) is 0 Å². The average Bonchev–Trinajstić information content (AvgIpc) is 2.11. The van der Waals surface area contributed by atoms with Crippen molar-refractivity contribution in [3.63, 3.8) is 0 Å². The van der Waals surface area contributed by atoms with E-state index in [4.69, 9.17) is 0 Å². The first kappa shape index (κ1) is 9.44. The maximum Gasteiger partial charge on any atom is 0.0333 e. The molecule has 3 nitrogen and oxygen atoms in total. The second-order valence-electron chi connectivity index (χ2n) is 4.75. The zero-order chi connectivity index (χ0) is 9.31. The number of piperazine rings is 1. The van der Waals surface area contributed by atoms with Gasteiger partial charge in [0.1, 0.15) is 0 Å². The summed E-state index contributed by atoms with van der Waals surface area (Å²) in [6.45, 7) is 6.11. The third-order valence-electron chi connectivity index (χ3n) is 3.51. The van der Waals surface area contributed by atoms with E-state index in [1.807, 2.05) is 0 Å². The van der Waals surface area contributed by atoms with E-state index in [0.717, 1.165) is 0 Å². The van der Waals surface area contributed by atoms with Gasteiger partial charge in [0.15, 0.2) is 0 Å². The van der Waals surface area contributed by atoms with Crippen molar-refractivity contribution >= 4 is 0 Å². The molecule has 0 bridgehead atoms.